The van der Waals surface area contributed by atoms with E-state index in [1.165, 1.54) is 6.07 Å². The van der Waals surface area contributed by atoms with Crippen molar-refractivity contribution in [1.82, 2.24) is 0 Å². The summed E-state index contributed by atoms with van der Waals surface area (Å²) < 4.78 is 0. The van der Waals surface area contributed by atoms with Crippen LogP contribution in [0.25, 0.3) is 0 Å². The van der Waals surface area contributed by atoms with Gasteiger partial charge < -0.3 is 10.2 Å². The van der Waals surface area contributed by atoms with Crippen molar-refractivity contribution in [2.75, 3.05) is 23.3 Å². The van der Waals surface area contributed by atoms with Gasteiger partial charge in [-0.2, -0.15) is 0 Å². The van der Waals surface area contributed by atoms with E-state index in [-0.39, 0.29) is 17.2 Å². The van der Waals surface area contributed by atoms with Gasteiger partial charge in [0.25, 0.3) is 11.6 Å². The first-order valence-electron chi connectivity index (χ1n) is 7.87. The number of hydrogen-bond acceptors (Lipinski definition) is 4. The Bertz CT molecular complexity index is 755. The van der Waals surface area contributed by atoms with Gasteiger partial charge in [0.05, 0.1) is 4.92 Å². The Morgan fingerprint density at radius 2 is 1.88 bits per heavy atom. The molecule has 2 aromatic rings. The molecule has 0 fully saturated rings. The van der Waals surface area contributed by atoms with Crippen molar-refractivity contribution < 1.29 is 9.72 Å². The second kappa shape index (κ2) is 7.59. The minimum atomic E-state index is -0.447. The molecule has 1 amide bonds. The van der Waals surface area contributed by atoms with E-state index in [0.717, 1.165) is 5.56 Å². The van der Waals surface area contributed by atoms with E-state index in [0.29, 0.717) is 24.5 Å². The molecule has 0 aliphatic rings. The Morgan fingerprint density at radius 1 is 1.17 bits per heavy atom. The monoisotopic (exact) mass is 327 g/mol. The molecule has 2 rings (SSSR count). The third kappa shape index (κ3) is 3.90. The average Bonchev–Trinajstić information content (AvgIpc) is 2.56. The molecule has 0 unspecified atom stereocenters. The topological polar surface area (TPSA) is 75.5 Å². The maximum absolute atomic E-state index is 12.4. The molecule has 0 saturated heterocycles. The molecule has 6 nitrogen and oxygen atoms in total. The summed E-state index contributed by atoms with van der Waals surface area (Å²) in [6.07, 6.45) is 0. The third-order valence-electron chi connectivity index (χ3n) is 3.81. The molecule has 24 heavy (non-hydrogen) atoms. The maximum Gasteiger partial charge on any atom is 0.293 e. The van der Waals surface area contributed by atoms with E-state index >= 15 is 0 Å². The van der Waals surface area contributed by atoms with Crippen LogP contribution < -0.4 is 10.2 Å². The summed E-state index contributed by atoms with van der Waals surface area (Å²) in [6, 6.07) is 12.0. The minimum Gasteiger partial charge on any atom is -0.367 e. The molecular weight excluding hydrogens is 306 g/mol. The molecule has 6 heteroatoms. The number of nitro groups is 1. The zero-order valence-corrected chi connectivity index (χ0v) is 14.1. The molecule has 0 saturated carbocycles. The molecule has 1 N–H and O–H groups in total. The van der Waals surface area contributed by atoms with E-state index in [2.05, 4.69) is 5.32 Å². The summed E-state index contributed by atoms with van der Waals surface area (Å²) in [7, 11) is 0. The Labute approximate surface area is 141 Å². The van der Waals surface area contributed by atoms with Crippen LogP contribution in [-0.2, 0) is 0 Å². The number of anilines is 2. The first-order valence-corrected chi connectivity index (χ1v) is 7.87. The van der Waals surface area contributed by atoms with E-state index in [1.54, 1.807) is 18.2 Å². The lowest BCUT2D eigenvalue weighted by Crippen LogP contribution is -2.23. The van der Waals surface area contributed by atoms with Crippen molar-refractivity contribution in [3.05, 3.63) is 63.7 Å². The first kappa shape index (κ1) is 17.5. The zero-order valence-electron chi connectivity index (χ0n) is 14.1. The molecule has 0 aliphatic heterocycles. The number of carbonyl (C=O) groups is 1. The smallest absolute Gasteiger partial charge is 0.293 e. The van der Waals surface area contributed by atoms with Crippen molar-refractivity contribution >= 4 is 23.0 Å². The summed E-state index contributed by atoms with van der Waals surface area (Å²) in [4.78, 5) is 25.2. The second-order valence-corrected chi connectivity index (χ2v) is 5.46. The van der Waals surface area contributed by atoms with Gasteiger partial charge in [-0.15, -0.1) is 0 Å². The van der Waals surface area contributed by atoms with Crippen LogP contribution in [0.2, 0.25) is 0 Å². The van der Waals surface area contributed by atoms with Gasteiger partial charge in [0, 0.05) is 30.4 Å². The predicted octanol–water partition coefficient (Wildman–Crippen LogP) is 4.00. The Hall–Kier alpha value is -2.89. The Balaban J connectivity index is 2.32. The Morgan fingerprint density at radius 3 is 2.46 bits per heavy atom. The van der Waals surface area contributed by atoms with Gasteiger partial charge in [-0.3, -0.25) is 14.9 Å². The van der Waals surface area contributed by atoms with Crippen LogP contribution in [0.4, 0.5) is 17.1 Å². The van der Waals surface area contributed by atoms with Crippen LogP contribution >= 0.6 is 0 Å². The van der Waals surface area contributed by atoms with Crippen molar-refractivity contribution in [3.8, 4) is 0 Å². The molecule has 0 aromatic heterocycles. The van der Waals surface area contributed by atoms with Gasteiger partial charge in [-0.05, 0) is 50.6 Å². The van der Waals surface area contributed by atoms with Gasteiger partial charge in [0.15, 0.2) is 0 Å². The summed E-state index contributed by atoms with van der Waals surface area (Å²) in [6.45, 7) is 7.12. The number of amides is 1. The quantitative estimate of drug-likeness (QED) is 0.642. The molecule has 0 radical (unpaired) electrons. The number of nitrogens with one attached hydrogen (secondary N) is 1. The fraction of sp³-hybridized carbons (Fsp3) is 0.278. The average molecular weight is 327 g/mol. The lowest BCUT2D eigenvalue weighted by atomic mass is 10.1. The minimum absolute atomic E-state index is 0.0596. The number of rotatable bonds is 6. The fourth-order valence-corrected chi connectivity index (χ4v) is 2.57. The molecular formula is C18H21N3O3. The van der Waals surface area contributed by atoms with E-state index in [1.807, 2.05) is 43.9 Å². The standard InChI is InChI=1S/C18H21N3O3/c1-4-20(5-2)16-10-9-14(12-17(16)21(23)24)18(22)19-15-8-6-7-13(3)11-15/h6-12H,4-5H2,1-3H3,(H,19,22). The Kier molecular flexibility index (Phi) is 5.52. The van der Waals surface area contributed by atoms with E-state index in [9.17, 15) is 14.9 Å². The molecule has 0 heterocycles. The summed E-state index contributed by atoms with van der Waals surface area (Å²) in [5, 5.41) is 14.1. The van der Waals surface area contributed by atoms with Crippen LogP contribution in [0.15, 0.2) is 42.5 Å². The van der Waals surface area contributed by atoms with Crippen molar-refractivity contribution in [2.45, 2.75) is 20.8 Å². The van der Waals surface area contributed by atoms with Crippen LogP contribution in [0.3, 0.4) is 0 Å². The normalized spacial score (nSPS) is 10.3. The predicted molar refractivity (Wildman–Crippen MR) is 95.8 cm³/mol. The van der Waals surface area contributed by atoms with Crippen LogP contribution in [0, 0.1) is 17.0 Å². The highest BCUT2D eigenvalue weighted by Crippen LogP contribution is 2.29. The summed E-state index contributed by atoms with van der Waals surface area (Å²) in [5.74, 6) is -0.366. The summed E-state index contributed by atoms with van der Waals surface area (Å²) >= 11 is 0. The van der Waals surface area contributed by atoms with Gasteiger partial charge in [0.1, 0.15) is 5.69 Å². The maximum atomic E-state index is 12.4. The zero-order chi connectivity index (χ0) is 17.7. The lowest BCUT2D eigenvalue weighted by Gasteiger charge is -2.21. The van der Waals surface area contributed by atoms with Crippen molar-refractivity contribution in [2.24, 2.45) is 0 Å². The third-order valence-corrected chi connectivity index (χ3v) is 3.81. The highest BCUT2D eigenvalue weighted by Gasteiger charge is 2.20. The number of aryl methyl sites for hydroxylation is 1. The number of nitrogens with zero attached hydrogens (tertiary/aromatic N) is 2. The number of carbonyl (C=O) groups excluding carboxylic acids is 1. The highest BCUT2D eigenvalue weighted by atomic mass is 16.6. The second-order valence-electron chi connectivity index (χ2n) is 5.46. The van der Waals surface area contributed by atoms with Crippen LogP contribution in [0.5, 0.6) is 0 Å². The van der Waals surface area contributed by atoms with Gasteiger partial charge in [0.2, 0.25) is 0 Å². The van der Waals surface area contributed by atoms with Gasteiger partial charge in [-0.25, -0.2) is 0 Å². The molecule has 2 aromatic carbocycles. The van der Waals surface area contributed by atoms with Crippen LogP contribution in [-0.4, -0.2) is 23.9 Å². The van der Waals surface area contributed by atoms with E-state index < -0.39 is 4.92 Å². The first-order chi connectivity index (χ1) is 11.5. The van der Waals surface area contributed by atoms with Crippen molar-refractivity contribution in [3.63, 3.8) is 0 Å². The molecule has 0 aliphatic carbocycles. The van der Waals surface area contributed by atoms with Crippen LogP contribution in [0.1, 0.15) is 29.8 Å². The van der Waals surface area contributed by atoms with Gasteiger partial charge >= 0.3 is 0 Å². The van der Waals surface area contributed by atoms with Gasteiger partial charge in [-0.1, -0.05) is 12.1 Å². The molecule has 0 spiro atoms. The highest BCUT2D eigenvalue weighted by molar-refractivity contribution is 6.05. The lowest BCUT2D eigenvalue weighted by molar-refractivity contribution is -0.384. The van der Waals surface area contributed by atoms with Crippen molar-refractivity contribution in [1.29, 1.82) is 0 Å². The molecule has 126 valence electrons. The largest absolute Gasteiger partial charge is 0.367 e. The number of nitro benzene ring substituents is 1. The van der Waals surface area contributed by atoms with E-state index in [4.69, 9.17) is 0 Å². The number of benzene rings is 2. The summed E-state index contributed by atoms with van der Waals surface area (Å²) in [5.41, 5.74) is 2.41. The number of hydrogen-bond donors (Lipinski definition) is 1. The fourth-order valence-electron chi connectivity index (χ4n) is 2.57. The SMILES string of the molecule is CCN(CC)c1ccc(C(=O)Nc2cccc(C)c2)cc1[N+](=O)[O-]. The molecule has 0 atom stereocenters. The molecule has 0 bridgehead atoms.